The Morgan fingerprint density at radius 3 is 2.27 bits per heavy atom. The van der Waals surface area contributed by atoms with Gasteiger partial charge in [0.05, 0.1) is 7.11 Å². The lowest BCUT2D eigenvalue weighted by Crippen LogP contribution is -2.23. The fraction of sp³-hybridized carbons (Fsp3) is 0.524. The molecule has 0 amide bonds. The Morgan fingerprint density at radius 2 is 1.54 bits per heavy atom. The second kappa shape index (κ2) is 11.9. The second-order valence-electron chi connectivity index (χ2n) is 6.72. The Labute approximate surface area is 157 Å². The Bertz CT molecular complexity index is 647. The highest BCUT2D eigenvalue weighted by Crippen LogP contribution is 2.24. The van der Waals surface area contributed by atoms with Gasteiger partial charge >= 0.3 is 0 Å². The van der Waals surface area contributed by atoms with Crippen molar-refractivity contribution < 1.29 is 4.74 Å². The molecule has 2 rings (SSSR count). The Morgan fingerprint density at radius 1 is 0.885 bits per heavy atom. The predicted octanol–water partition coefficient (Wildman–Crippen LogP) is 2.55. The van der Waals surface area contributed by atoms with E-state index in [0.29, 0.717) is 0 Å². The average molecular weight is 359 g/mol. The number of unbranched alkanes of at least 4 members (excludes halogenated alkanes) is 1. The SMILES string of the molecule is COc1ccc2cc(C(N)CCNCCCCNCCCN)ccc2c1. The van der Waals surface area contributed by atoms with Crippen molar-refractivity contribution in [2.75, 3.05) is 39.8 Å². The van der Waals surface area contributed by atoms with Crippen LogP contribution in [-0.2, 0) is 0 Å². The molecule has 0 saturated heterocycles. The van der Waals surface area contributed by atoms with E-state index in [1.165, 1.54) is 29.2 Å². The Balaban J connectivity index is 1.65. The van der Waals surface area contributed by atoms with Gasteiger partial charge in [-0.2, -0.15) is 0 Å². The van der Waals surface area contributed by atoms with E-state index in [2.05, 4.69) is 41.0 Å². The van der Waals surface area contributed by atoms with Crippen LogP contribution in [0.15, 0.2) is 36.4 Å². The zero-order valence-corrected chi connectivity index (χ0v) is 16.0. The van der Waals surface area contributed by atoms with Crippen molar-refractivity contribution in [3.63, 3.8) is 0 Å². The summed E-state index contributed by atoms with van der Waals surface area (Å²) >= 11 is 0. The van der Waals surface area contributed by atoms with Crippen LogP contribution in [0.2, 0.25) is 0 Å². The molecular formula is C21H34N4O. The molecule has 0 saturated carbocycles. The van der Waals surface area contributed by atoms with E-state index in [9.17, 15) is 0 Å². The first-order valence-corrected chi connectivity index (χ1v) is 9.69. The number of benzene rings is 2. The third-order valence-electron chi connectivity index (χ3n) is 4.65. The molecule has 0 heterocycles. The molecule has 26 heavy (non-hydrogen) atoms. The average Bonchev–Trinajstić information content (AvgIpc) is 2.68. The normalized spacial score (nSPS) is 12.4. The van der Waals surface area contributed by atoms with Crippen molar-refractivity contribution in [1.29, 1.82) is 0 Å². The zero-order chi connectivity index (χ0) is 18.6. The van der Waals surface area contributed by atoms with Crippen molar-refractivity contribution in [3.05, 3.63) is 42.0 Å². The van der Waals surface area contributed by atoms with Gasteiger partial charge in [0.2, 0.25) is 0 Å². The molecule has 1 atom stereocenters. The number of rotatable bonds is 13. The summed E-state index contributed by atoms with van der Waals surface area (Å²) in [7, 11) is 1.69. The van der Waals surface area contributed by atoms with Crippen molar-refractivity contribution in [2.24, 2.45) is 11.5 Å². The van der Waals surface area contributed by atoms with Gasteiger partial charge in [-0.05, 0) is 92.9 Å². The fourth-order valence-electron chi connectivity index (χ4n) is 3.00. The highest BCUT2D eigenvalue weighted by atomic mass is 16.5. The molecule has 5 nitrogen and oxygen atoms in total. The van der Waals surface area contributed by atoms with Crippen LogP contribution in [0.1, 0.15) is 37.3 Å². The van der Waals surface area contributed by atoms with Gasteiger partial charge in [0.1, 0.15) is 5.75 Å². The number of nitrogens with two attached hydrogens (primary N) is 2. The number of fused-ring (bicyclic) bond motifs is 1. The first-order chi connectivity index (χ1) is 12.7. The molecule has 1 unspecified atom stereocenters. The minimum Gasteiger partial charge on any atom is -0.497 e. The molecule has 0 fully saturated rings. The third kappa shape index (κ3) is 6.92. The van der Waals surface area contributed by atoms with Crippen molar-refractivity contribution in [2.45, 2.75) is 31.7 Å². The summed E-state index contributed by atoms with van der Waals surface area (Å²) in [6.45, 7) is 4.85. The van der Waals surface area contributed by atoms with Crippen molar-refractivity contribution >= 4 is 10.8 Å². The summed E-state index contributed by atoms with van der Waals surface area (Å²) in [5, 5.41) is 9.28. The first kappa shape index (κ1) is 20.6. The van der Waals surface area contributed by atoms with Gasteiger partial charge in [0, 0.05) is 6.04 Å². The summed E-state index contributed by atoms with van der Waals surface area (Å²) in [4.78, 5) is 0. The summed E-state index contributed by atoms with van der Waals surface area (Å²) in [5.74, 6) is 0.883. The lowest BCUT2D eigenvalue weighted by molar-refractivity contribution is 0.415. The van der Waals surface area contributed by atoms with Crippen LogP contribution in [0.25, 0.3) is 10.8 Å². The maximum Gasteiger partial charge on any atom is 0.119 e. The van der Waals surface area contributed by atoms with Crippen LogP contribution in [0.5, 0.6) is 5.75 Å². The lowest BCUT2D eigenvalue weighted by atomic mass is 10.0. The predicted molar refractivity (Wildman–Crippen MR) is 111 cm³/mol. The molecule has 0 radical (unpaired) electrons. The molecule has 2 aromatic carbocycles. The highest BCUT2D eigenvalue weighted by molar-refractivity contribution is 5.84. The molecule has 0 aliphatic carbocycles. The van der Waals surface area contributed by atoms with Crippen molar-refractivity contribution in [1.82, 2.24) is 10.6 Å². The summed E-state index contributed by atoms with van der Waals surface area (Å²) < 4.78 is 5.28. The molecule has 0 aromatic heterocycles. The van der Waals surface area contributed by atoms with Gasteiger partial charge in [0.15, 0.2) is 0 Å². The Kier molecular flexibility index (Phi) is 9.42. The minimum atomic E-state index is 0.0620. The summed E-state index contributed by atoms with van der Waals surface area (Å²) in [6.07, 6.45) is 4.37. The van der Waals surface area contributed by atoms with Crippen LogP contribution in [0, 0.1) is 0 Å². The van der Waals surface area contributed by atoms with E-state index >= 15 is 0 Å². The molecule has 6 N–H and O–H groups in total. The molecule has 0 spiro atoms. The largest absolute Gasteiger partial charge is 0.497 e. The number of methoxy groups -OCH3 is 1. The van der Waals surface area contributed by atoms with E-state index in [1.807, 2.05) is 6.07 Å². The number of ether oxygens (including phenoxy) is 1. The molecule has 0 aliphatic heterocycles. The quantitative estimate of drug-likeness (QED) is 0.414. The minimum absolute atomic E-state index is 0.0620. The van der Waals surface area contributed by atoms with E-state index in [0.717, 1.165) is 51.3 Å². The smallest absolute Gasteiger partial charge is 0.119 e. The van der Waals surface area contributed by atoms with E-state index in [4.69, 9.17) is 16.2 Å². The standard InChI is InChI=1S/C21H34N4O/c1-26-20-8-7-17-15-19(6-5-18(17)16-20)21(23)9-14-25-12-3-2-11-24-13-4-10-22/h5-8,15-16,21,24-25H,2-4,9-14,22-23H2,1H3. The maximum absolute atomic E-state index is 6.37. The maximum atomic E-state index is 6.37. The topological polar surface area (TPSA) is 85.3 Å². The van der Waals surface area contributed by atoms with E-state index in [-0.39, 0.29) is 6.04 Å². The van der Waals surface area contributed by atoms with Gasteiger partial charge in [-0.25, -0.2) is 0 Å². The summed E-state index contributed by atoms with van der Waals surface area (Å²) in [5.41, 5.74) is 13.0. The zero-order valence-electron chi connectivity index (χ0n) is 16.0. The molecule has 5 heteroatoms. The number of hydrogen-bond acceptors (Lipinski definition) is 5. The highest BCUT2D eigenvalue weighted by Gasteiger charge is 2.07. The van der Waals surface area contributed by atoms with Crippen LogP contribution in [-0.4, -0.2) is 39.8 Å². The van der Waals surface area contributed by atoms with Crippen LogP contribution >= 0.6 is 0 Å². The monoisotopic (exact) mass is 358 g/mol. The van der Waals surface area contributed by atoms with Gasteiger partial charge in [-0.1, -0.05) is 18.2 Å². The molecule has 144 valence electrons. The lowest BCUT2D eigenvalue weighted by Gasteiger charge is -2.14. The molecule has 2 aromatic rings. The Hall–Kier alpha value is -1.66. The van der Waals surface area contributed by atoms with E-state index in [1.54, 1.807) is 7.11 Å². The summed E-state index contributed by atoms with van der Waals surface area (Å²) in [6, 6.07) is 12.6. The van der Waals surface area contributed by atoms with Crippen LogP contribution < -0.4 is 26.8 Å². The van der Waals surface area contributed by atoms with Crippen LogP contribution in [0.3, 0.4) is 0 Å². The second-order valence-corrected chi connectivity index (χ2v) is 6.72. The first-order valence-electron chi connectivity index (χ1n) is 9.69. The number of hydrogen-bond donors (Lipinski definition) is 4. The third-order valence-corrected chi connectivity index (χ3v) is 4.65. The van der Waals surface area contributed by atoms with Gasteiger partial charge in [-0.15, -0.1) is 0 Å². The van der Waals surface area contributed by atoms with Gasteiger partial charge in [0.25, 0.3) is 0 Å². The molecular weight excluding hydrogens is 324 g/mol. The van der Waals surface area contributed by atoms with Crippen LogP contribution in [0.4, 0.5) is 0 Å². The molecule has 0 aliphatic rings. The fourth-order valence-corrected chi connectivity index (χ4v) is 3.00. The van der Waals surface area contributed by atoms with Gasteiger partial charge in [-0.3, -0.25) is 0 Å². The van der Waals surface area contributed by atoms with E-state index < -0.39 is 0 Å². The van der Waals surface area contributed by atoms with Gasteiger partial charge < -0.3 is 26.8 Å². The van der Waals surface area contributed by atoms with Crippen molar-refractivity contribution in [3.8, 4) is 5.75 Å². The number of nitrogens with one attached hydrogen (secondary N) is 2. The molecule has 0 bridgehead atoms.